The van der Waals surface area contributed by atoms with E-state index in [9.17, 15) is 18.0 Å². The maximum Gasteiger partial charge on any atom is 0.416 e. The number of amides is 1. The first kappa shape index (κ1) is 19.2. The van der Waals surface area contributed by atoms with Crippen LogP contribution in [0.25, 0.3) is 0 Å². The first-order chi connectivity index (χ1) is 12.4. The van der Waals surface area contributed by atoms with Crippen molar-refractivity contribution in [2.75, 3.05) is 19.7 Å². The van der Waals surface area contributed by atoms with Crippen molar-refractivity contribution in [1.29, 1.82) is 0 Å². The van der Waals surface area contributed by atoms with Crippen LogP contribution >= 0.6 is 0 Å². The number of halogens is 3. The highest BCUT2D eigenvalue weighted by Crippen LogP contribution is 2.30. The van der Waals surface area contributed by atoms with Crippen LogP contribution < -0.4 is 5.32 Å². The number of likely N-dealkylation sites (tertiary alicyclic amines) is 1. The Bertz CT molecular complexity index is 607. The van der Waals surface area contributed by atoms with Crippen molar-refractivity contribution in [2.45, 2.75) is 57.0 Å². The van der Waals surface area contributed by atoms with Crippen LogP contribution in [0, 0.1) is 0 Å². The van der Waals surface area contributed by atoms with Gasteiger partial charge in [0.15, 0.2) is 0 Å². The summed E-state index contributed by atoms with van der Waals surface area (Å²) in [4.78, 5) is 14.2. The molecule has 3 rings (SSSR count). The van der Waals surface area contributed by atoms with Crippen LogP contribution in [0.4, 0.5) is 13.2 Å². The van der Waals surface area contributed by atoms with Gasteiger partial charge in [-0.05, 0) is 37.3 Å². The first-order valence-electron chi connectivity index (χ1n) is 9.19. The van der Waals surface area contributed by atoms with Gasteiger partial charge in [0.05, 0.1) is 18.1 Å². The van der Waals surface area contributed by atoms with E-state index in [1.807, 2.05) is 0 Å². The van der Waals surface area contributed by atoms with E-state index in [0.29, 0.717) is 18.5 Å². The molecule has 7 heteroatoms. The molecule has 0 unspecified atom stereocenters. The van der Waals surface area contributed by atoms with E-state index in [2.05, 4.69) is 10.2 Å². The second kappa shape index (κ2) is 8.39. The lowest BCUT2D eigenvalue weighted by Crippen LogP contribution is -2.44. The summed E-state index contributed by atoms with van der Waals surface area (Å²) in [6.07, 6.45) is -0.238. The Balaban J connectivity index is 1.43. The monoisotopic (exact) mass is 370 g/mol. The van der Waals surface area contributed by atoms with Gasteiger partial charge in [-0.3, -0.25) is 9.69 Å². The average molecular weight is 370 g/mol. The molecule has 1 aromatic rings. The van der Waals surface area contributed by atoms with Gasteiger partial charge in [-0.1, -0.05) is 18.2 Å². The lowest BCUT2D eigenvalue weighted by Gasteiger charge is -2.32. The molecule has 0 radical (unpaired) electrons. The zero-order chi connectivity index (χ0) is 18.6. The third kappa shape index (κ3) is 5.45. The minimum atomic E-state index is -4.31. The van der Waals surface area contributed by atoms with Crippen LogP contribution in [0.15, 0.2) is 24.3 Å². The van der Waals surface area contributed by atoms with Crippen molar-refractivity contribution < 1.29 is 22.7 Å². The molecule has 2 fully saturated rings. The normalized spacial score (nSPS) is 22.5. The number of rotatable bonds is 5. The van der Waals surface area contributed by atoms with Crippen molar-refractivity contribution in [3.8, 4) is 0 Å². The maximum atomic E-state index is 12.8. The number of alkyl halides is 3. The van der Waals surface area contributed by atoms with Gasteiger partial charge in [-0.15, -0.1) is 0 Å². The zero-order valence-electron chi connectivity index (χ0n) is 14.7. The molecule has 0 aromatic heterocycles. The molecule has 2 aliphatic heterocycles. The van der Waals surface area contributed by atoms with E-state index >= 15 is 0 Å². The fourth-order valence-corrected chi connectivity index (χ4v) is 3.64. The fourth-order valence-electron chi connectivity index (χ4n) is 3.64. The van der Waals surface area contributed by atoms with Crippen LogP contribution in [0.5, 0.6) is 0 Å². The highest BCUT2D eigenvalue weighted by molar-refractivity contribution is 5.76. The number of benzene rings is 1. The minimum Gasteiger partial charge on any atom is -0.378 e. The molecule has 1 amide bonds. The van der Waals surface area contributed by atoms with Gasteiger partial charge in [-0.25, -0.2) is 0 Å². The summed E-state index contributed by atoms with van der Waals surface area (Å²) in [6, 6.07) is 5.64. The van der Waals surface area contributed by atoms with E-state index in [0.717, 1.165) is 51.4 Å². The van der Waals surface area contributed by atoms with Gasteiger partial charge in [0.2, 0.25) is 5.91 Å². The van der Waals surface area contributed by atoms with Crippen LogP contribution in [0.3, 0.4) is 0 Å². The van der Waals surface area contributed by atoms with Gasteiger partial charge >= 0.3 is 6.18 Å². The van der Waals surface area contributed by atoms with E-state index in [-0.39, 0.29) is 18.1 Å². The lowest BCUT2D eigenvalue weighted by molar-refractivity contribution is -0.137. The van der Waals surface area contributed by atoms with Crippen molar-refractivity contribution in [2.24, 2.45) is 0 Å². The van der Waals surface area contributed by atoms with Crippen molar-refractivity contribution in [3.63, 3.8) is 0 Å². The SMILES string of the molecule is O=C(C[C@H]1CCCO1)NC1CCN(Cc2cccc(C(F)(F)F)c2)CC1. The Morgan fingerprint density at radius 1 is 1.23 bits per heavy atom. The third-order valence-electron chi connectivity index (χ3n) is 5.05. The van der Waals surface area contributed by atoms with Crippen LogP contribution in [0.1, 0.15) is 43.2 Å². The van der Waals surface area contributed by atoms with Crippen LogP contribution in [-0.4, -0.2) is 42.6 Å². The second-order valence-corrected chi connectivity index (χ2v) is 7.16. The van der Waals surface area contributed by atoms with Crippen molar-refractivity contribution in [1.82, 2.24) is 10.2 Å². The average Bonchev–Trinajstić information content (AvgIpc) is 3.09. The standard InChI is InChI=1S/C19H25F3N2O2/c20-19(21,22)15-4-1-3-14(11-15)13-24-8-6-16(7-9-24)23-18(25)12-17-5-2-10-26-17/h1,3-4,11,16-17H,2,5-10,12-13H2,(H,23,25)/t17-/m1/s1. The van der Waals surface area contributed by atoms with Gasteiger partial charge < -0.3 is 10.1 Å². The minimum absolute atomic E-state index is 0.0354. The predicted octanol–water partition coefficient (Wildman–Crippen LogP) is 3.36. The Hall–Kier alpha value is -1.60. The van der Waals surface area contributed by atoms with Crippen molar-refractivity contribution in [3.05, 3.63) is 35.4 Å². The number of nitrogens with one attached hydrogen (secondary N) is 1. The summed E-state index contributed by atoms with van der Waals surface area (Å²) < 4.78 is 43.9. The summed E-state index contributed by atoms with van der Waals surface area (Å²) in [7, 11) is 0. The fraction of sp³-hybridized carbons (Fsp3) is 0.632. The Morgan fingerprint density at radius 2 is 2.00 bits per heavy atom. The molecule has 0 saturated carbocycles. The predicted molar refractivity (Wildman–Crippen MR) is 91.5 cm³/mol. The number of piperidine rings is 1. The smallest absolute Gasteiger partial charge is 0.378 e. The first-order valence-corrected chi connectivity index (χ1v) is 9.19. The van der Waals surface area contributed by atoms with E-state index in [4.69, 9.17) is 4.74 Å². The highest BCUT2D eigenvalue weighted by Gasteiger charge is 2.30. The molecule has 1 N–H and O–H groups in total. The molecule has 26 heavy (non-hydrogen) atoms. The van der Waals surface area contributed by atoms with E-state index in [1.165, 1.54) is 12.1 Å². The molecule has 2 saturated heterocycles. The number of carbonyl (C=O) groups is 1. The van der Waals surface area contributed by atoms with Crippen LogP contribution in [-0.2, 0) is 22.3 Å². The molecular formula is C19H25F3N2O2. The molecule has 4 nitrogen and oxygen atoms in total. The van der Waals surface area contributed by atoms with Crippen LogP contribution in [0.2, 0.25) is 0 Å². The third-order valence-corrected chi connectivity index (χ3v) is 5.05. The Morgan fingerprint density at radius 3 is 2.65 bits per heavy atom. The molecule has 2 aliphatic rings. The maximum absolute atomic E-state index is 12.8. The van der Waals surface area contributed by atoms with Crippen molar-refractivity contribution >= 4 is 5.91 Å². The van der Waals surface area contributed by atoms with Gasteiger partial charge in [0.1, 0.15) is 0 Å². The largest absolute Gasteiger partial charge is 0.416 e. The second-order valence-electron chi connectivity index (χ2n) is 7.16. The zero-order valence-corrected chi connectivity index (χ0v) is 14.7. The van der Waals surface area contributed by atoms with Gasteiger partial charge in [0.25, 0.3) is 0 Å². The number of carbonyl (C=O) groups excluding carboxylic acids is 1. The summed E-state index contributed by atoms with van der Waals surface area (Å²) in [5.74, 6) is 0.0354. The molecule has 144 valence electrons. The number of nitrogens with zero attached hydrogens (tertiary/aromatic N) is 1. The number of hydrogen-bond acceptors (Lipinski definition) is 3. The number of ether oxygens (including phenoxy) is 1. The Labute approximate surface area is 151 Å². The summed E-state index contributed by atoms with van der Waals surface area (Å²) in [6.45, 7) is 2.77. The molecule has 1 atom stereocenters. The lowest BCUT2D eigenvalue weighted by atomic mass is 10.0. The molecule has 2 heterocycles. The summed E-state index contributed by atoms with van der Waals surface area (Å²) in [5, 5.41) is 3.06. The molecular weight excluding hydrogens is 345 g/mol. The van der Waals surface area contributed by atoms with E-state index in [1.54, 1.807) is 6.07 Å². The Kier molecular flexibility index (Phi) is 6.19. The van der Waals surface area contributed by atoms with Gasteiger partial charge in [-0.2, -0.15) is 13.2 Å². The van der Waals surface area contributed by atoms with Gasteiger partial charge in [0, 0.05) is 32.3 Å². The molecule has 0 bridgehead atoms. The van der Waals surface area contributed by atoms with E-state index < -0.39 is 11.7 Å². The number of hydrogen-bond donors (Lipinski definition) is 1. The quantitative estimate of drug-likeness (QED) is 0.864. The molecule has 0 spiro atoms. The highest BCUT2D eigenvalue weighted by atomic mass is 19.4. The summed E-state index contributed by atoms with van der Waals surface area (Å²) >= 11 is 0. The molecule has 1 aromatic carbocycles. The topological polar surface area (TPSA) is 41.6 Å². The summed E-state index contributed by atoms with van der Waals surface area (Å²) in [5.41, 5.74) is 0.0620. The molecule has 0 aliphatic carbocycles.